The Balaban J connectivity index is 1.28. The summed E-state index contributed by atoms with van der Waals surface area (Å²) in [5.74, 6) is 0.681. The molecule has 0 aliphatic rings. The van der Waals surface area contributed by atoms with Crippen LogP contribution in [0.25, 0.3) is 0 Å². The van der Waals surface area contributed by atoms with Gasteiger partial charge in [-0.15, -0.1) is 11.8 Å². The molecule has 9 heteroatoms. The summed E-state index contributed by atoms with van der Waals surface area (Å²) in [4.78, 5) is 13.8. The molecule has 0 aliphatic carbocycles. The van der Waals surface area contributed by atoms with Gasteiger partial charge < -0.3 is 10.1 Å². The van der Waals surface area contributed by atoms with Crippen molar-refractivity contribution in [3.05, 3.63) is 115 Å². The zero-order valence-corrected chi connectivity index (χ0v) is 20.7. The SMILES string of the molecule is O=C(Nc1ccc(S(=O)(=O)Nc2ccc(F)cc2)cc1)c1ccc(OCCSc2ccccc2)cc1. The molecule has 6 nitrogen and oxygen atoms in total. The fourth-order valence-corrected chi connectivity index (χ4v) is 5.00. The van der Waals surface area contributed by atoms with Gasteiger partial charge in [0.2, 0.25) is 0 Å². The molecule has 4 aromatic carbocycles. The van der Waals surface area contributed by atoms with Crippen LogP contribution in [0.1, 0.15) is 10.4 Å². The van der Waals surface area contributed by atoms with Crippen LogP contribution in [0.15, 0.2) is 113 Å². The normalized spacial score (nSPS) is 11.0. The molecule has 0 aromatic heterocycles. The van der Waals surface area contributed by atoms with Crippen LogP contribution in [0, 0.1) is 5.82 Å². The van der Waals surface area contributed by atoms with Crippen LogP contribution in [-0.4, -0.2) is 26.7 Å². The van der Waals surface area contributed by atoms with Gasteiger partial charge in [0.15, 0.2) is 0 Å². The lowest BCUT2D eigenvalue weighted by molar-refractivity contribution is 0.102. The van der Waals surface area contributed by atoms with E-state index in [1.807, 2.05) is 18.2 Å². The first kappa shape index (κ1) is 25.3. The van der Waals surface area contributed by atoms with Crippen molar-refractivity contribution in [2.24, 2.45) is 0 Å². The highest BCUT2D eigenvalue weighted by Crippen LogP contribution is 2.21. The number of nitrogens with one attached hydrogen (secondary N) is 2. The van der Waals surface area contributed by atoms with Crippen LogP contribution >= 0.6 is 11.8 Å². The summed E-state index contributed by atoms with van der Waals surface area (Å²) in [6.45, 7) is 0.538. The number of rotatable bonds is 10. The number of halogens is 1. The topological polar surface area (TPSA) is 84.5 Å². The smallest absolute Gasteiger partial charge is 0.261 e. The van der Waals surface area contributed by atoms with Crippen LogP contribution in [0.5, 0.6) is 5.75 Å². The summed E-state index contributed by atoms with van der Waals surface area (Å²) in [6, 6.07) is 27.6. The highest BCUT2D eigenvalue weighted by molar-refractivity contribution is 7.99. The Labute approximate surface area is 213 Å². The molecule has 0 spiro atoms. The van der Waals surface area contributed by atoms with Gasteiger partial charge in [0, 0.05) is 27.6 Å². The summed E-state index contributed by atoms with van der Waals surface area (Å²) in [5.41, 5.74) is 1.13. The lowest BCUT2D eigenvalue weighted by atomic mass is 10.2. The van der Waals surface area contributed by atoms with E-state index in [2.05, 4.69) is 22.2 Å². The molecule has 0 saturated heterocycles. The van der Waals surface area contributed by atoms with Gasteiger partial charge in [0.1, 0.15) is 11.6 Å². The minimum absolute atomic E-state index is 0.0109. The Morgan fingerprint density at radius 1 is 0.806 bits per heavy atom. The Hall–Kier alpha value is -3.82. The van der Waals surface area contributed by atoms with Gasteiger partial charge in [-0.25, -0.2) is 12.8 Å². The zero-order chi connectivity index (χ0) is 25.4. The number of thioether (sulfide) groups is 1. The second-order valence-corrected chi connectivity index (χ2v) is 10.5. The third kappa shape index (κ3) is 7.10. The maximum absolute atomic E-state index is 13.0. The Kier molecular flexibility index (Phi) is 8.24. The Bertz CT molecular complexity index is 1400. The predicted octanol–water partition coefficient (Wildman–Crippen LogP) is 6.05. The monoisotopic (exact) mass is 522 g/mol. The van der Waals surface area contributed by atoms with E-state index in [4.69, 9.17) is 4.74 Å². The number of anilines is 2. The summed E-state index contributed by atoms with van der Waals surface area (Å²) in [6.07, 6.45) is 0. The second kappa shape index (κ2) is 11.7. The van der Waals surface area contributed by atoms with Crippen molar-refractivity contribution in [2.75, 3.05) is 22.4 Å². The van der Waals surface area contributed by atoms with E-state index in [0.29, 0.717) is 23.6 Å². The van der Waals surface area contributed by atoms with Crippen molar-refractivity contribution in [1.29, 1.82) is 0 Å². The van der Waals surface area contributed by atoms with Gasteiger partial charge in [-0.2, -0.15) is 0 Å². The van der Waals surface area contributed by atoms with E-state index in [9.17, 15) is 17.6 Å². The molecule has 0 atom stereocenters. The van der Waals surface area contributed by atoms with Crippen molar-refractivity contribution in [1.82, 2.24) is 0 Å². The van der Waals surface area contributed by atoms with Gasteiger partial charge in [0.25, 0.3) is 15.9 Å². The van der Waals surface area contributed by atoms with E-state index < -0.39 is 15.8 Å². The molecule has 1 amide bonds. The number of carbonyl (C=O) groups is 1. The van der Waals surface area contributed by atoms with Crippen LogP contribution in [0.4, 0.5) is 15.8 Å². The van der Waals surface area contributed by atoms with Gasteiger partial charge in [-0.05, 0) is 84.9 Å². The molecular formula is C27H23FN2O4S2. The molecule has 36 heavy (non-hydrogen) atoms. The zero-order valence-electron chi connectivity index (χ0n) is 19.1. The number of hydrogen-bond acceptors (Lipinski definition) is 5. The molecule has 0 radical (unpaired) electrons. The molecule has 184 valence electrons. The van der Waals surface area contributed by atoms with E-state index in [-0.39, 0.29) is 16.5 Å². The number of amides is 1. The summed E-state index contributed by atoms with van der Waals surface area (Å²) in [7, 11) is -3.85. The van der Waals surface area contributed by atoms with E-state index in [0.717, 1.165) is 5.75 Å². The van der Waals surface area contributed by atoms with Crippen LogP contribution < -0.4 is 14.8 Å². The average molecular weight is 523 g/mol. The molecule has 0 aliphatic heterocycles. The third-order valence-electron chi connectivity index (χ3n) is 5.00. The van der Waals surface area contributed by atoms with Crippen molar-refractivity contribution < 1.29 is 22.3 Å². The number of sulfonamides is 1. The summed E-state index contributed by atoms with van der Waals surface area (Å²) >= 11 is 1.71. The van der Waals surface area contributed by atoms with Crippen molar-refractivity contribution in [2.45, 2.75) is 9.79 Å². The maximum atomic E-state index is 13.0. The number of ether oxygens (including phenoxy) is 1. The van der Waals surface area contributed by atoms with E-state index >= 15 is 0 Å². The maximum Gasteiger partial charge on any atom is 0.261 e. The first-order valence-corrected chi connectivity index (χ1v) is 13.5. The Morgan fingerprint density at radius 2 is 1.44 bits per heavy atom. The van der Waals surface area contributed by atoms with Crippen LogP contribution in [0.2, 0.25) is 0 Å². The van der Waals surface area contributed by atoms with Crippen LogP contribution in [0.3, 0.4) is 0 Å². The average Bonchev–Trinajstić information content (AvgIpc) is 2.89. The second-order valence-electron chi connectivity index (χ2n) is 7.63. The first-order valence-electron chi connectivity index (χ1n) is 11.0. The Morgan fingerprint density at radius 3 is 2.11 bits per heavy atom. The standard InChI is InChI=1S/C27H23FN2O4S2/c28-21-8-10-23(11-9-21)30-36(32,33)26-16-12-22(13-17-26)29-27(31)20-6-14-24(15-7-20)34-18-19-35-25-4-2-1-3-5-25/h1-17,30H,18-19H2,(H,29,31). The first-order chi connectivity index (χ1) is 17.4. The minimum atomic E-state index is -3.85. The largest absolute Gasteiger partial charge is 0.493 e. The fourth-order valence-electron chi connectivity index (χ4n) is 3.19. The van der Waals surface area contributed by atoms with E-state index in [1.54, 1.807) is 36.0 Å². The lowest BCUT2D eigenvalue weighted by Crippen LogP contribution is -2.14. The van der Waals surface area contributed by atoms with Gasteiger partial charge in [0.05, 0.1) is 11.5 Å². The molecular weight excluding hydrogens is 499 g/mol. The molecule has 4 rings (SSSR count). The van der Waals surface area contributed by atoms with Crippen LogP contribution in [-0.2, 0) is 10.0 Å². The van der Waals surface area contributed by atoms with E-state index in [1.165, 1.54) is 53.4 Å². The third-order valence-corrected chi connectivity index (χ3v) is 7.37. The fraction of sp³-hybridized carbons (Fsp3) is 0.0741. The van der Waals surface area contributed by atoms with Crippen molar-refractivity contribution in [3.63, 3.8) is 0 Å². The van der Waals surface area contributed by atoms with Crippen molar-refractivity contribution in [3.8, 4) is 5.75 Å². The molecule has 0 saturated carbocycles. The molecule has 2 N–H and O–H groups in total. The molecule has 4 aromatic rings. The van der Waals surface area contributed by atoms with Gasteiger partial charge in [-0.1, -0.05) is 18.2 Å². The number of carbonyl (C=O) groups excluding carboxylic acids is 1. The molecule has 0 fully saturated rings. The predicted molar refractivity (Wildman–Crippen MR) is 141 cm³/mol. The number of hydrogen-bond donors (Lipinski definition) is 2. The number of benzene rings is 4. The highest BCUT2D eigenvalue weighted by Gasteiger charge is 2.15. The lowest BCUT2D eigenvalue weighted by Gasteiger charge is -2.10. The van der Waals surface area contributed by atoms with Gasteiger partial charge >= 0.3 is 0 Å². The summed E-state index contributed by atoms with van der Waals surface area (Å²) in [5, 5.41) is 2.74. The van der Waals surface area contributed by atoms with Gasteiger partial charge in [-0.3, -0.25) is 9.52 Å². The minimum Gasteiger partial charge on any atom is -0.493 e. The van der Waals surface area contributed by atoms with Crippen molar-refractivity contribution >= 4 is 39.1 Å². The molecule has 0 bridgehead atoms. The quantitative estimate of drug-likeness (QED) is 0.196. The highest BCUT2D eigenvalue weighted by atomic mass is 32.2. The molecule has 0 heterocycles. The molecule has 0 unspecified atom stereocenters. The summed E-state index contributed by atoms with van der Waals surface area (Å²) < 4.78 is 46.2.